The Morgan fingerprint density at radius 3 is 2.82 bits per heavy atom. The number of alkyl halides is 1. The van der Waals surface area contributed by atoms with Gasteiger partial charge in [0.15, 0.2) is 0 Å². The Bertz CT molecular complexity index is 361. The summed E-state index contributed by atoms with van der Waals surface area (Å²) in [4.78, 5) is 9.27. The van der Waals surface area contributed by atoms with Gasteiger partial charge in [0, 0.05) is 30.2 Å². The lowest BCUT2D eigenvalue weighted by molar-refractivity contribution is 0.252. The fourth-order valence-corrected chi connectivity index (χ4v) is 2.85. The number of piperidine rings is 1. The highest BCUT2D eigenvalue weighted by molar-refractivity contribution is 9.08. The van der Waals surface area contributed by atoms with Crippen LogP contribution in [0.3, 0.4) is 0 Å². The summed E-state index contributed by atoms with van der Waals surface area (Å²) in [5, 5.41) is 0.868. The zero-order chi connectivity index (χ0) is 12.3. The summed E-state index contributed by atoms with van der Waals surface area (Å²) < 4.78 is 0. The van der Waals surface area contributed by atoms with Crippen molar-refractivity contribution >= 4 is 21.7 Å². The molecule has 0 aromatic carbocycles. The molecule has 0 saturated carbocycles. The van der Waals surface area contributed by atoms with E-state index in [0.717, 1.165) is 11.1 Å². The van der Waals surface area contributed by atoms with Crippen LogP contribution in [0, 0.1) is 0 Å². The molecule has 0 bridgehead atoms. The second-order valence-electron chi connectivity index (χ2n) is 4.77. The highest BCUT2D eigenvalue weighted by atomic mass is 79.9. The summed E-state index contributed by atoms with van der Waals surface area (Å²) in [5.41, 5.74) is 1.27. The van der Waals surface area contributed by atoms with E-state index in [9.17, 15) is 0 Å². The number of nitrogens with zero attached hydrogens (tertiary/aromatic N) is 3. The van der Waals surface area contributed by atoms with Crippen molar-refractivity contribution in [2.24, 2.45) is 0 Å². The number of halogens is 1. The molecule has 2 heterocycles. The predicted molar refractivity (Wildman–Crippen MR) is 75.8 cm³/mol. The summed E-state index contributed by atoms with van der Waals surface area (Å²) in [6.45, 7) is 2.37. The lowest BCUT2D eigenvalue weighted by Crippen LogP contribution is -2.42. The molecule has 1 fully saturated rings. The highest BCUT2D eigenvalue weighted by Crippen LogP contribution is 2.24. The molecule has 0 amide bonds. The average molecular weight is 298 g/mol. The van der Waals surface area contributed by atoms with Crippen LogP contribution in [-0.2, 0) is 5.33 Å². The van der Waals surface area contributed by atoms with Crippen molar-refractivity contribution in [3.8, 4) is 0 Å². The molecule has 3 nitrogen and oxygen atoms in total. The monoisotopic (exact) mass is 297 g/mol. The minimum absolute atomic E-state index is 0.624. The van der Waals surface area contributed by atoms with Crippen LogP contribution in [0.25, 0.3) is 0 Å². The van der Waals surface area contributed by atoms with Crippen molar-refractivity contribution in [3.05, 3.63) is 23.9 Å². The van der Waals surface area contributed by atoms with E-state index in [1.165, 1.54) is 31.5 Å². The third kappa shape index (κ3) is 2.99. The average Bonchev–Trinajstić information content (AvgIpc) is 2.39. The van der Waals surface area contributed by atoms with E-state index in [1.807, 2.05) is 12.3 Å². The summed E-state index contributed by atoms with van der Waals surface area (Å²) in [6, 6.07) is 4.77. The molecule has 94 valence electrons. The van der Waals surface area contributed by atoms with Crippen molar-refractivity contribution in [1.82, 2.24) is 9.88 Å². The number of hydrogen-bond donors (Lipinski definition) is 0. The Morgan fingerprint density at radius 2 is 2.18 bits per heavy atom. The minimum atomic E-state index is 0.624. The van der Waals surface area contributed by atoms with E-state index in [4.69, 9.17) is 0 Å². The first-order valence-corrected chi connectivity index (χ1v) is 7.25. The van der Waals surface area contributed by atoms with Crippen LogP contribution >= 0.6 is 15.9 Å². The van der Waals surface area contributed by atoms with Crippen LogP contribution in [0.15, 0.2) is 18.3 Å². The summed E-state index contributed by atoms with van der Waals surface area (Å²) >= 11 is 3.54. The summed E-state index contributed by atoms with van der Waals surface area (Å²) in [5.74, 6) is 1.12. The van der Waals surface area contributed by atoms with Crippen molar-refractivity contribution in [1.29, 1.82) is 0 Å². The molecule has 1 aromatic heterocycles. The number of rotatable bonds is 3. The molecule has 0 aliphatic carbocycles. The lowest BCUT2D eigenvalue weighted by Gasteiger charge is -2.36. The molecule has 0 unspecified atom stereocenters. The lowest BCUT2D eigenvalue weighted by atomic mass is 10.0. The van der Waals surface area contributed by atoms with Gasteiger partial charge in [-0.05, 0) is 39.0 Å². The molecule has 1 aromatic rings. The van der Waals surface area contributed by atoms with Crippen LogP contribution < -0.4 is 4.90 Å². The standard InChI is InChI=1S/C13H20BrN3/c1-16-8-5-12(6-9-16)17(2)13-11(10-14)4-3-7-15-13/h3-4,7,12H,5-6,8-10H2,1-2H3. The topological polar surface area (TPSA) is 19.4 Å². The number of hydrogen-bond acceptors (Lipinski definition) is 3. The van der Waals surface area contributed by atoms with E-state index in [2.05, 4.69) is 50.9 Å². The third-order valence-electron chi connectivity index (χ3n) is 3.58. The van der Waals surface area contributed by atoms with Crippen LogP contribution in [0.2, 0.25) is 0 Å². The molecule has 4 heteroatoms. The van der Waals surface area contributed by atoms with Crippen molar-refractivity contribution < 1.29 is 0 Å². The smallest absolute Gasteiger partial charge is 0.132 e. The number of anilines is 1. The summed E-state index contributed by atoms with van der Waals surface area (Å²) in [6.07, 6.45) is 4.34. The first kappa shape index (κ1) is 12.8. The minimum Gasteiger partial charge on any atom is -0.356 e. The molecular weight excluding hydrogens is 278 g/mol. The van der Waals surface area contributed by atoms with E-state index >= 15 is 0 Å². The van der Waals surface area contributed by atoms with Gasteiger partial charge in [-0.25, -0.2) is 4.98 Å². The van der Waals surface area contributed by atoms with Crippen molar-refractivity contribution in [3.63, 3.8) is 0 Å². The molecule has 0 N–H and O–H groups in total. The Balaban J connectivity index is 2.10. The quantitative estimate of drug-likeness (QED) is 0.799. The zero-order valence-electron chi connectivity index (χ0n) is 10.6. The van der Waals surface area contributed by atoms with Gasteiger partial charge in [0.1, 0.15) is 5.82 Å². The molecule has 0 radical (unpaired) electrons. The first-order chi connectivity index (χ1) is 8.22. The van der Waals surface area contributed by atoms with Gasteiger partial charge in [-0.3, -0.25) is 0 Å². The maximum absolute atomic E-state index is 4.53. The van der Waals surface area contributed by atoms with Crippen molar-refractivity contribution in [2.45, 2.75) is 24.2 Å². The van der Waals surface area contributed by atoms with Crippen LogP contribution in [0.4, 0.5) is 5.82 Å². The van der Waals surface area contributed by atoms with Gasteiger partial charge < -0.3 is 9.80 Å². The molecule has 1 aliphatic rings. The van der Waals surface area contributed by atoms with Gasteiger partial charge in [0.25, 0.3) is 0 Å². The SMILES string of the molecule is CN1CCC(N(C)c2ncccc2CBr)CC1. The zero-order valence-corrected chi connectivity index (χ0v) is 12.2. The first-order valence-electron chi connectivity index (χ1n) is 6.13. The Morgan fingerprint density at radius 1 is 1.47 bits per heavy atom. The molecule has 17 heavy (non-hydrogen) atoms. The Labute approximate surface area is 112 Å². The molecule has 1 aliphatic heterocycles. The van der Waals surface area contributed by atoms with Gasteiger partial charge in [0.2, 0.25) is 0 Å². The van der Waals surface area contributed by atoms with E-state index in [0.29, 0.717) is 6.04 Å². The van der Waals surface area contributed by atoms with E-state index in [-0.39, 0.29) is 0 Å². The molecule has 2 rings (SSSR count). The molecular formula is C13H20BrN3. The maximum atomic E-state index is 4.53. The molecule has 1 saturated heterocycles. The predicted octanol–water partition coefficient (Wildman–Crippen LogP) is 2.51. The Hall–Kier alpha value is -0.610. The Kier molecular flexibility index (Phi) is 4.40. The maximum Gasteiger partial charge on any atom is 0.132 e. The van der Waals surface area contributed by atoms with Crippen LogP contribution in [0.5, 0.6) is 0 Å². The fourth-order valence-electron chi connectivity index (χ4n) is 2.41. The van der Waals surface area contributed by atoms with Crippen LogP contribution in [0.1, 0.15) is 18.4 Å². The number of pyridine rings is 1. The highest BCUT2D eigenvalue weighted by Gasteiger charge is 2.22. The van der Waals surface area contributed by atoms with Gasteiger partial charge in [-0.1, -0.05) is 22.0 Å². The van der Waals surface area contributed by atoms with Crippen LogP contribution in [-0.4, -0.2) is 43.1 Å². The summed E-state index contributed by atoms with van der Waals surface area (Å²) in [7, 11) is 4.37. The normalized spacial score (nSPS) is 18.3. The van der Waals surface area contributed by atoms with Gasteiger partial charge >= 0.3 is 0 Å². The van der Waals surface area contributed by atoms with Gasteiger partial charge in [-0.15, -0.1) is 0 Å². The number of likely N-dealkylation sites (tertiary alicyclic amines) is 1. The number of aromatic nitrogens is 1. The van der Waals surface area contributed by atoms with Crippen molar-refractivity contribution in [2.75, 3.05) is 32.1 Å². The second kappa shape index (κ2) is 5.83. The van der Waals surface area contributed by atoms with Gasteiger partial charge in [-0.2, -0.15) is 0 Å². The third-order valence-corrected chi connectivity index (χ3v) is 4.19. The largest absolute Gasteiger partial charge is 0.356 e. The van der Waals surface area contributed by atoms with Gasteiger partial charge in [0.05, 0.1) is 0 Å². The van der Waals surface area contributed by atoms with E-state index in [1.54, 1.807) is 0 Å². The van der Waals surface area contributed by atoms with E-state index < -0.39 is 0 Å². The fraction of sp³-hybridized carbons (Fsp3) is 0.615. The second-order valence-corrected chi connectivity index (χ2v) is 5.33. The molecule has 0 spiro atoms. The molecule has 0 atom stereocenters.